The highest BCUT2D eigenvalue weighted by molar-refractivity contribution is 4.95. The summed E-state index contributed by atoms with van der Waals surface area (Å²) in [6, 6.07) is 3.75. The van der Waals surface area contributed by atoms with Gasteiger partial charge in [-0.3, -0.25) is 4.90 Å². The Bertz CT molecular complexity index is 400. The predicted molar refractivity (Wildman–Crippen MR) is 98.1 cm³/mol. The summed E-state index contributed by atoms with van der Waals surface area (Å²) in [5.74, 6) is 1.62. The monoisotopic (exact) mass is 318 g/mol. The van der Waals surface area contributed by atoms with Crippen LogP contribution >= 0.6 is 0 Å². The lowest BCUT2D eigenvalue weighted by Crippen LogP contribution is -2.51. The van der Waals surface area contributed by atoms with Crippen molar-refractivity contribution < 1.29 is 0 Å². The summed E-state index contributed by atoms with van der Waals surface area (Å²) in [6.07, 6.45) is 8.61. The predicted octanol–water partition coefficient (Wildman–Crippen LogP) is 5.63. The van der Waals surface area contributed by atoms with Crippen LogP contribution in [0, 0.1) is 34.0 Å². The summed E-state index contributed by atoms with van der Waals surface area (Å²) in [4.78, 5) is 2.76. The average Bonchev–Trinajstić information content (AvgIpc) is 2.34. The molecule has 0 radical (unpaired) electrons. The molecule has 2 rings (SSSR count). The van der Waals surface area contributed by atoms with Crippen molar-refractivity contribution in [3.8, 4) is 6.07 Å². The Morgan fingerprint density at radius 3 is 1.65 bits per heavy atom. The molecule has 4 atom stereocenters. The second-order valence-corrected chi connectivity index (χ2v) is 10.3. The minimum Gasteiger partial charge on any atom is -0.296 e. The van der Waals surface area contributed by atoms with Gasteiger partial charge in [-0.25, -0.2) is 0 Å². The molecule has 0 amide bonds. The average molecular weight is 319 g/mol. The van der Waals surface area contributed by atoms with E-state index in [1.807, 2.05) is 0 Å². The fourth-order valence-electron chi connectivity index (χ4n) is 5.94. The molecule has 2 saturated carbocycles. The molecule has 0 N–H and O–H groups in total. The van der Waals surface area contributed by atoms with E-state index >= 15 is 0 Å². The van der Waals surface area contributed by atoms with E-state index in [1.165, 1.54) is 38.5 Å². The van der Waals surface area contributed by atoms with Crippen LogP contribution in [0.4, 0.5) is 0 Å². The van der Waals surface area contributed by atoms with Crippen LogP contribution in [0.3, 0.4) is 0 Å². The molecule has 0 bridgehead atoms. The molecule has 0 saturated heterocycles. The molecule has 4 unspecified atom stereocenters. The van der Waals surface area contributed by atoms with Gasteiger partial charge in [0.1, 0.15) is 0 Å². The van der Waals surface area contributed by atoms with Crippen LogP contribution in [-0.4, -0.2) is 23.5 Å². The minimum atomic E-state index is 0.447. The lowest BCUT2D eigenvalue weighted by atomic mass is 9.67. The molecule has 0 heterocycles. The summed E-state index contributed by atoms with van der Waals surface area (Å²) in [7, 11) is 0. The Hall–Kier alpha value is -0.550. The first-order valence-corrected chi connectivity index (χ1v) is 9.74. The summed E-state index contributed by atoms with van der Waals surface area (Å²) < 4.78 is 0. The van der Waals surface area contributed by atoms with Gasteiger partial charge in [0, 0.05) is 25.0 Å². The van der Waals surface area contributed by atoms with E-state index in [9.17, 15) is 0 Å². The Labute approximate surface area is 144 Å². The third kappa shape index (κ3) is 5.21. The molecule has 0 aromatic heterocycles. The normalized spacial score (nSPS) is 36.6. The summed E-state index contributed by atoms with van der Waals surface area (Å²) in [5, 5.41) is 9.14. The smallest absolute Gasteiger partial charge is 0.0635 e. The maximum Gasteiger partial charge on any atom is 0.0635 e. The van der Waals surface area contributed by atoms with E-state index < -0.39 is 0 Å². The van der Waals surface area contributed by atoms with Gasteiger partial charge < -0.3 is 0 Å². The molecule has 2 aliphatic carbocycles. The number of nitriles is 1. The first-order valence-electron chi connectivity index (χ1n) is 9.74. The van der Waals surface area contributed by atoms with Crippen molar-refractivity contribution in [1.82, 2.24) is 4.90 Å². The van der Waals surface area contributed by atoms with Gasteiger partial charge >= 0.3 is 0 Å². The lowest BCUT2D eigenvalue weighted by molar-refractivity contribution is -0.00205. The van der Waals surface area contributed by atoms with Crippen molar-refractivity contribution >= 4 is 0 Å². The van der Waals surface area contributed by atoms with Gasteiger partial charge in [0.05, 0.1) is 6.07 Å². The molecule has 132 valence electrons. The summed E-state index contributed by atoms with van der Waals surface area (Å²) in [5.41, 5.74) is 0.895. The lowest BCUT2D eigenvalue weighted by Gasteiger charge is -2.50. The highest BCUT2D eigenvalue weighted by Gasteiger charge is 2.40. The summed E-state index contributed by atoms with van der Waals surface area (Å²) in [6.45, 7) is 15.6. The van der Waals surface area contributed by atoms with E-state index in [1.54, 1.807) is 0 Å². The maximum absolute atomic E-state index is 9.14. The van der Waals surface area contributed by atoms with Crippen LogP contribution in [0.5, 0.6) is 0 Å². The standard InChI is InChI=1S/C21H38N2/c1-16-10-18(14-20(3,4)12-16)23(9-7-8-22)19-11-17(2)13-21(5,6)15-19/h16-19H,7,9-15H2,1-6H3. The Kier molecular flexibility index (Phi) is 5.83. The molecule has 23 heavy (non-hydrogen) atoms. The molecular weight excluding hydrogens is 280 g/mol. The zero-order chi connectivity index (χ0) is 17.3. The number of nitrogens with zero attached hydrogens (tertiary/aromatic N) is 2. The first kappa shape index (κ1) is 18.8. The maximum atomic E-state index is 9.14. The van der Waals surface area contributed by atoms with Gasteiger partial charge in [-0.05, 0) is 61.2 Å². The molecule has 2 aliphatic rings. The van der Waals surface area contributed by atoms with Crippen molar-refractivity contribution in [2.75, 3.05) is 6.54 Å². The number of rotatable bonds is 4. The Balaban J connectivity index is 2.17. The molecule has 0 spiro atoms. The molecule has 0 aromatic rings. The van der Waals surface area contributed by atoms with Gasteiger partial charge in [0.25, 0.3) is 0 Å². The van der Waals surface area contributed by atoms with Crippen molar-refractivity contribution in [2.45, 2.75) is 98.6 Å². The van der Waals surface area contributed by atoms with Gasteiger partial charge in [0.2, 0.25) is 0 Å². The van der Waals surface area contributed by atoms with Crippen molar-refractivity contribution in [2.24, 2.45) is 22.7 Å². The highest BCUT2D eigenvalue weighted by Crippen LogP contribution is 2.45. The fourth-order valence-corrected chi connectivity index (χ4v) is 5.94. The van der Waals surface area contributed by atoms with Crippen LogP contribution in [0.15, 0.2) is 0 Å². The van der Waals surface area contributed by atoms with Crippen molar-refractivity contribution in [3.05, 3.63) is 0 Å². The van der Waals surface area contributed by atoms with Gasteiger partial charge in [0.15, 0.2) is 0 Å². The van der Waals surface area contributed by atoms with E-state index in [2.05, 4.69) is 52.5 Å². The zero-order valence-electron chi connectivity index (χ0n) is 16.4. The molecule has 0 aliphatic heterocycles. The molecular formula is C21H38N2. The van der Waals surface area contributed by atoms with E-state index in [4.69, 9.17) is 5.26 Å². The van der Waals surface area contributed by atoms with E-state index in [-0.39, 0.29) is 0 Å². The molecule has 2 fully saturated rings. The Morgan fingerprint density at radius 1 is 0.870 bits per heavy atom. The van der Waals surface area contributed by atoms with Gasteiger partial charge in [-0.15, -0.1) is 0 Å². The first-order chi connectivity index (χ1) is 10.6. The number of hydrogen-bond donors (Lipinski definition) is 0. The fraction of sp³-hybridized carbons (Fsp3) is 0.952. The van der Waals surface area contributed by atoms with Crippen molar-refractivity contribution in [3.63, 3.8) is 0 Å². The third-order valence-electron chi connectivity index (χ3n) is 6.15. The Morgan fingerprint density at radius 2 is 1.30 bits per heavy atom. The minimum absolute atomic E-state index is 0.447. The molecule has 0 aromatic carbocycles. The zero-order valence-corrected chi connectivity index (χ0v) is 16.4. The van der Waals surface area contributed by atoms with Crippen LogP contribution in [-0.2, 0) is 0 Å². The molecule has 2 heteroatoms. The van der Waals surface area contributed by atoms with Crippen LogP contribution < -0.4 is 0 Å². The SMILES string of the molecule is CC1CC(N(CCC#N)C2CC(C)CC(C)(C)C2)CC(C)(C)C1. The molecule has 2 nitrogen and oxygen atoms in total. The largest absolute Gasteiger partial charge is 0.296 e. The highest BCUT2D eigenvalue weighted by atomic mass is 15.2. The second kappa shape index (κ2) is 7.14. The van der Waals surface area contributed by atoms with Gasteiger partial charge in [-0.2, -0.15) is 5.26 Å². The van der Waals surface area contributed by atoms with Crippen LogP contribution in [0.2, 0.25) is 0 Å². The quantitative estimate of drug-likeness (QED) is 0.671. The topological polar surface area (TPSA) is 27.0 Å². The van der Waals surface area contributed by atoms with Gasteiger partial charge in [-0.1, -0.05) is 41.5 Å². The third-order valence-corrected chi connectivity index (χ3v) is 6.15. The van der Waals surface area contributed by atoms with Crippen LogP contribution in [0.25, 0.3) is 0 Å². The van der Waals surface area contributed by atoms with E-state index in [0.29, 0.717) is 29.3 Å². The number of hydrogen-bond acceptors (Lipinski definition) is 2. The second-order valence-electron chi connectivity index (χ2n) is 10.3. The summed E-state index contributed by atoms with van der Waals surface area (Å²) >= 11 is 0. The van der Waals surface area contributed by atoms with Crippen LogP contribution in [0.1, 0.15) is 86.5 Å². The van der Waals surface area contributed by atoms with Crippen molar-refractivity contribution in [1.29, 1.82) is 5.26 Å². The van der Waals surface area contributed by atoms with E-state index in [0.717, 1.165) is 18.4 Å².